The van der Waals surface area contributed by atoms with E-state index in [4.69, 9.17) is 4.74 Å². The molecule has 2 unspecified atom stereocenters. The lowest BCUT2D eigenvalue weighted by atomic mass is 10.1. The summed E-state index contributed by atoms with van der Waals surface area (Å²) in [5.74, 6) is -0.767. The average molecular weight is 298 g/mol. The summed E-state index contributed by atoms with van der Waals surface area (Å²) in [6.07, 6.45) is 1.11. The first-order chi connectivity index (χ1) is 9.43. The molecule has 0 aromatic carbocycles. The van der Waals surface area contributed by atoms with Crippen molar-refractivity contribution in [1.82, 2.24) is 4.98 Å². The number of anilines is 1. The highest BCUT2D eigenvalue weighted by Gasteiger charge is 2.30. The number of morpholine rings is 1. The van der Waals surface area contributed by atoms with Gasteiger partial charge >= 0.3 is 5.97 Å². The molecule has 0 amide bonds. The molecule has 0 saturated carbocycles. The zero-order valence-corrected chi connectivity index (χ0v) is 13.2. The Labute approximate surface area is 123 Å². The van der Waals surface area contributed by atoms with E-state index in [2.05, 4.69) is 16.8 Å². The molecule has 1 fully saturated rings. The Morgan fingerprint density at radius 3 is 2.80 bits per heavy atom. The molecule has 0 bridgehead atoms. The predicted molar refractivity (Wildman–Crippen MR) is 80.0 cm³/mol. The molecule has 0 spiro atoms. The maximum atomic E-state index is 11.4. The van der Waals surface area contributed by atoms with Crippen LogP contribution in [0.5, 0.6) is 0 Å². The summed E-state index contributed by atoms with van der Waals surface area (Å²) in [4.78, 5) is 18.5. The fourth-order valence-corrected chi connectivity index (χ4v) is 3.54. The number of aromatic carboxylic acids is 1. The molecule has 6 heteroatoms. The van der Waals surface area contributed by atoms with Gasteiger partial charge in [-0.25, -0.2) is 9.78 Å². The number of hydrogen-bond acceptors (Lipinski definition) is 5. The Hall–Kier alpha value is -1.14. The number of ether oxygens (including phenoxy) is 1. The van der Waals surface area contributed by atoms with E-state index in [0.29, 0.717) is 17.2 Å². The van der Waals surface area contributed by atoms with Crippen LogP contribution < -0.4 is 4.90 Å². The van der Waals surface area contributed by atoms with Crippen molar-refractivity contribution in [3.8, 4) is 0 Å². The average Bonchev–Trinajstić information content (AvgIpc) is 2.83. The Balaban J connectivity index is 2.35. The van der Waals surface area contributed by atoms with Crippen LogP contribution >= 0.6 is 11.3 Å². The van der Waals surface area contributed by atoms with Gasteiger partial charge in [0.05, 0.1) is 24.4 Å². The van der Waals surface area contributed by atoms with Crippen LogP contribution in [0.15, 0.2) is 0 Å². The lowest BCUT2D eigenvalue weighted by molar-refractivity contribution is 0.0299. The Morgan fingerprint density at radius 2 is 2.30 bits per heavy atom. The first-order valence-corrected chi connectivity index (χ1v) is 7.87. The minimum absolute atomic E-state index is 0.115. The van der Waals surface area contributed by atoms with E-state index in [1.54, 1.807) is 0 Å². The molecule has 0 aliphatic carbocycles. The van der Waals surface area contributed by atoms with E-state index in [1.165, 1.54) is 11.3 Å². The molecule has 1 aliphatic heterocycles. The third kappa shape index (κ3) is 2.96. The summed E-state index contributed by atoms with van der Waals surface area (Å²) in [5.41, 5.74) is 0.687. The van der Waals surface area contributed by atoms with Crippen LogP contribution in [-0.4, -0.2) is 41.4 Å². The van der Waals surface area contributed by atoms with Gasteiger partial charge in [0.15, 0.2) is 5.13 Å². The summed E-state index contributed by atoms with van der Waals surface area (Å²) in [5, 5.41) is 10.1. The van der Waals surface area contributed by atoms with Crippen LogP contribution in [0.4, 0.5) is 5.13 Å². The topological polar surface area (TPSA) is 62.7 Å². The minimum atomic E-state index is -0.883. The number of nitrogens with zero attached hydrogens (tertiary/aromatic N) is 2. The predicted octanol–water partition coefficient (Wildman–Crippen LogP) is 2.97. The van der Waals surface area contributed by atoms with Gasteiger partial charge in [0.25, 0.3) is 0 Å². The zero-order chi connectivity index (χ0) is 14.9. The van der Waals surface area contributed by atoms with E-state index in [0.717, 1.165) is 18.1 Å². The van der Waals surface area contributed by atoms with Crippen LogP contribution in [0, 0.1) is 0 Å². The number of aromatic nitrogens is 1. The Kier molecular flexibility index (Phi) is 4.65. The van der Waals surface area contributed by atoms with Gasteiger partial charge in [-0.15, -0.1) is 0 Å². The molecule has 1 N–H and O–H groups in total. The zero-order valence-electron chi connectivity index (χ0n) is 12.4. The van der Waals surface area contributed by atoms with E-state index >= 15 is 0 Å². The Bertz CT molecular complexity index is 487. The summed E-state index contributed by atoms with van der Waals surface area (Å²) in [6.45, 7) is 9.55. The highest BCUT2D eigenvalue weighted by Crippen LogP contribution is 2.33. The number of carbonyl (C=O) groups is 1. The fraction of sp³-hybridized carbons (Fsp3) is 0.714. The molecule has 0 radical (unpaired) electrons. The lowest BCUT2D eigenvalue weighted by Crippen LogP contribution is -2.48. The quantitative estimate of drug-likeness (QED) is 0.926. The number of hydrogen-bond donors (Lipinski definition) is 1. The van der Waals surface area contributed by atoms with Crippen LogP contribution in [0.25, 0.3) is 0 Å². The highest BCUT2D eigenvalue weighted by molar-refractivity contribution is 7.17. The normalized spacial score (nSPS) is 23.4. The largest absolute Gasteiger partial charge is 0.477 e. The fourth-order valence-electron chi connectivity index (χ4n) is 2.40. The third-order valence-corrected chi connectivity index (χ3v) is 4.66. The van der Waals surface area contributed by atoms with Crippen molar-refractivity contribution < 1.29 is 14.6 Å². The van der Waals surface area contributed by atoms with Crippen molar-refractivity contribution in [1.29, 1.82) is 0 Å². The number of rotatable bonds is 4. The first-order valence-electron chi connectivity index (χ1n) is 7.06. The van der Waals surface area contributed by atoms with Gasteiger partial charge in [-0.1, -0.05) is 32.1 Å². The molecule has 2 rings (SSSR count). The number of carboxylic acid groups (broad SMARTS) is 1. The van der Waals surface area contributed by atoms with E-state index in [9.17, 15) is 9.90 Å². The molecule has 20 heavy (non-hydrogen) atoms. The third-order valence-electron chi connectivity index (χ3n) is 3.57. The number of thiazole rings is 1. The maximum absolute atomic E-state index is 11.4. The molecule has 5 nitrogen and oxygen atoms in total. The number of carboxylic acids is 1. The van der Waals surface area contributed by atoms with Crippen molar-refractivity contribution in [3.05, 3.63) is 10.6 Å². The molecule has 1 aromatic rings. The second-order valence-corrected chi connectivity index (χ2v) is 6.51. The van der Waals surface area contributed by atoms with Crippen molar-refractivity contribution >= 4 is 22.4 Å². The summed E-state index contributed by atoms with van der Waals surface area (Å²) in [7, 11) is 0. The SMILES string of the molecule is CCC1COC(C)CN1c1nc(C(C)C)c(C(=O)O)s1. The summed E-state index contributed by atoms with van der Waals surface area (Å²) in [6, 6.07) is 0.277. The van der Waals surface area contributed by atoms with Crippen LogP contribution in [0.2, 0.25) is 0 Å². The molecule has 112 valence electrons. The van der Waals surface area contributed by atoms with E-state index < -0.39 is 5.97 Å². The standard InChI is InChI=1S/C14H22N2O3S/c1-5-10-7-19-9(4)6-16(10)14-15-11(8(2)3)12(20-14)13(17)18/h8-10H,5-7H2,1-4H3,(H,17,18). The van der Waals surface area contributed by atoms with Gasteiger partial charge < -0.3 is 14.7 Å². The van der Waals surface area contributed by atoms with Crippen molar-refractivity contribution in [2.45, 2.75) is 52.2 Å². The smallest absolute Gasteiger partial charge is 0.347 e. The van der Waals surface area contributed by atoms with Crippen molar-refractivity contribution in [2.75, 3.05) is 18.1 Å². The molecular weight excluding hydrogens is 276 g/mol. The van der Waals surface area contributed by atoms with Crippen molar-refractivity contribution in [3.63, 3.8) is 0 Å². The second-order valence-electron chi connectivity index (χ2n) is 5.53. The molecule has 2 heterocycles. The monoisotopic (exact) mass is 298 g/mol. The van der Waals surface area contributed by atoms with Crippen LogP contribution in [-0.2, 0) is 4.74 Å². The molecule has 1 aliphatic rings. The molecule has 1 saturated heterocycles. The summed E-state index contributed by atoms with van der Waals surface area (Å²) < 4.78 is 5.68. The Morgan fingerprint density at radius 1 is 1.60 bits per heavy atom. The highest BCUT2D eigenvalue weighted by atomic mass is 32.1. The molecular formula is C14H22N2O3S. The second kappa shape index (κ2) is 6.10. The van der Waals surface area contributed by atoms with Crippen LogP contribution in [0.1, 0.15) is 55.4 Å². The van der Waals surface area contributed by atoms with Crippen LogP contribution in [0.3, 0.4) is 0 Å². The van der Waals surface area contributed by atoms with Gasteiger partial charge in [0.2, 0.25) is 0 Å². The van der Waals surface area contributed by atoms with E-state index in [1.807, 2.05) is 20.8 Å². The van der Waals surface area contributed by atoms with Gasteiger partial charge in [0, 0.05) is 6.54 Å². The molecule has 2 atom stereocenters. The van der Waals surface area contributed by atoms with E-state index in [-0.39, 0.29) is 18.1 Å². The van der Waals surface area contributed by atoms with Gasteiger partial charge in [-0.3, -0.25) is 0 Å². The van der Waals surface area contributed by atoms with Gasteiger partial charge in [0.1, 0.15) is 4.88 Å². The van der Waals surface area contributed by atoms with Gasteiger partial charge in [-0.2, -0.15) is 0 Å². The maximum Gasteiger partial charge on any atom is 0.347 e. The minimum Gasteiger partial charge on any atom is -0.477 e. The lowest BCUT2D eigenvalue weighted by Gasteiger charge is -2.38. The van der Waals surface area contributed by atoms with Crippen molar-refractivity contribution in [2.24, 2.45) is 0 Å². The molecule has 1 aromatic heterocycles. The summed E-state index contributed by atoms with van der Waals surface area (Å²) >= 11 is 1.28. The first kappa shape index (κ1) is 15.3. The van der Waals surface area contributed by atoms with Gasteiger partial charge in [-0.05, 0) is 19.3 Å².